The molecule has 0 aliphatic rings. The lowest BCUT2D eigenvalue weighted by Crippen LogP contribution is -2.24. The molecule has 116 valence electrons. The van der Waals surface area contributed by atoms with Gasteiger partial charge in [0.1, 0.15) is 4.90 Å². The fourth-order valence-electron chi connectivity index (χ4n) is 1.83. The molecule has 0 radical (unpaired) electrons. The highest BCUT2D eigenvalue weighted by molar-refractivity contribution is 14.1. The third-order valence-corrected chi connectivity index (χ3v) is 5.83. The second-order valence-electron chi connectivity index (χ2n) is 4.72. The number of para-hydroxylation sites is 1. The van der Waals surface area contributed by atoms with Gasteiger partial charge in [0.15, 0.2) is 0 Å². The number of carbonyl (C=O) groups is 1. The Morgan fingerprint density at radius 2 is 1.64 bits per heavy atom. The number of carbonyl (C=O) groups excluding carboxylic acids is 1. The first-order valence-corrected chi connectivity index (χ1v) is 8.93. The largest absolute Gasteiger partial charge is 0.321 e. The van der Waals surface area contributed by atoms with Crippen molar-refractivity contribution in [1.82, 2.24) is 4.31 Å². The van der Waals surface area contributed by atoms with Crippen molar-refractivity contribution in [3.63, 3.8) is 0 Å². The van der Waals surface area contributed by atoms with Crippen molar-refractivity contribution in [2.45, 2.75) is 4.90 Å². The average Bonchev–Trinajstić information content (AvgIpc) is 2.47. The Morgan fingerprint density at radius 1 is 1.05 bits per heavy atom. The molecule has 2 aromatic rings. The summed E-state index contributed by atoms with van der Waals surface area (Å²) < 4.78 is 26.5. The van der Waals surface area contributed by atoms with Gasteiger partial charge in [0, 0.05) is 17.7 Å². The molecule has 2 rings (SSSR count). The number of hydrogen-bond acceptors (Lipinski definition) is 3. The number of nitrogens with one attached hydrogen (secondary N) is 1. The minimum Gasteiger partial charge on any atom is -0.321 e. The Bertz CT molecular complexity index is 804. The third-order valence-electron chi connectivity index (χ3n) is 3.01. The van der Waals surface area contributed by atoms with Crippen LogP contribution in [0.15, 0.2) is 53.4 Å². The van der Waals surface area contributed by atoms with Gasteiger partial charge in [-0.2, -0.15) is 0 Å². The topological polar surface area (TPSA) is 66.5 Å². The zero-order valence-corrected chi connectivity index (χ0v) is 15.1. The van der Waals surface area contributed by atoms with Crippen LogP contribution in [0.1, 0.15) is 10.4 Å². The van der Waals surface area contributed by atoms with Crippen LogP contribution < -0.4 is 5.32 Å². The monoisotopic (exact) mass is 430 g/mol. The van der Waals surface area contributed by atoms with E-state index in [9.17, 15) is 13.2 Å². The van der Waals surface area contributed by atoms with E-state index in [1.807, 2.05) is 12.1 Å². The van der Waals surface area contributed by atoms with Crippen molar-refractivity contribution in [2.24, 2.45) is 0 Å². The zero-order chi connectivity index (χ0) is 16.3. The molecule has 0 saturated carbocycles. The van der Waals surface area contributed by atoms with Crippen molar-refractivity contribution >= 4 is 44.2 Å². The summed E-state index contributed by atoms with van der Waals surface area (Å²) in [6.07, 6.45) is 0. The Morgan fingerprint density at radius 3 is 2.27 bits per heavy atom. The Labute approximate surface area is 143 Å². The van der Waals surface area contributed by atoms with Gasteiger partial charge in [0.05, 0.1) is 11.3 Å². The molecule has 2 aromatic carbocycles. The van der Waals surface area contributed by atoms with Gasteiger partial charge in [-0.05, 0) is 46.9 Å². The van der Waals surface area contributed by atoms with Crippen LogP contribution in [0.5, 0.6) is 0 Å². The SMILES string of the molecule is CN(C)S(=O)(=O)c1ccccc1NC(=O)c1ccccc1I. The molecular formula is C15H15IN2O3S. The van der Waals surface area contributed by atoms with Crippen LogP contribution in [0.4, 0.5) is 5.69 Å². The molecule has 22 heavy (non-hydrogen) atoms. The van der Waals surface area contributed by atoms with Gasteiger partial charge < -0.3 is 5.32 Å². The quantitative estimate of drug-likeness (QED) is 0.759. The number of hydrogen-bond donors (Lipinski definition) is 1. The summed E-state index contributed by atoms with van der Waals surface area (Å²) in [5.74, 6) is -0.341. The summed E-state index contributed by atoms with van der Waals surface area (Å²) in [4.78, 5) is 12.4. The molecule has 1 N–H and O–H groups in total. The average molecular weight is 430 g/mol. The van der Waals surface area contributed by atoms with Gasteiger partial charge in [-0.1, -0.05) is 24.3 Å². The lowest BCUT2D eigenvalue weighted by Gasteiger charge is -2.15. The van der Waals surface area contributed by atoms with Crippen LogP contribution in [0, 0.1) is 3.57 Å². The van der Waals surface area contributed by atoms with Crippen LogP contribution in [0.25, 0.3) is 0 Å². The molecule has 0 fully saturated rings. The molecule has 1 amide bonds. The molecule has 0 unspecified atom stereocenters. The van der Waals surface area contributed by atoms with E-state index < -0.39 is 10.0 Å². The van der Waals surface area contributed by atoms with Gasteiger partial charge in [-0.3, -0.25) is 4.79 Å². The van der Waals surface area contributed by atoms with Gasteiger partial charge in [0.25, 0.3) is 5.91 Å². The third kappa shape index (κ3) is 3.47. The Kier molecular flexibility index (Phi) is 5.20. The van der Waals surface area contributed by atoms with Crippen LogP contribution in [-0.4, -0.2) is 32.7 Å². The van der Waals surface area contributed by atoms with Crippen molar-refractivity contribution in [1.29, 1.82) is 0 Å². The lowest BCUT2D eigenvalue weighted by atomic mass is 10.2. The molecule has 0 saturated heterocycles. The standard InChI is InChI=1S/C15H15IN2O3S/c1-18(2)22(20,21)14-10-6-5-9-13(14)17-15(19)11-7-3-4-8-12(11)16/h3-10H,1-2H3,(H,17,19). The van der Waals surface area contributed by atoms with E-state index in [2.05, 4.69) is 27.9 Å². The number of rotatable bonds is 4. The summed E-state index contributed by atoms with van der Waals surface area (Å²) in [7, 11) is -0.724. The molecule has 0 aromatic heterocycles. The van der Waals surface area contributed by atoms with Crippen LogP contribution in [-0.2, 0) is 10.0 Å². The highest BCUT2D eigenvalue weighted by Gasteiger charge is 2.22. The number of anilines is 1. The first kappa shape index (κ1) is 16.9. The maximum atomic E-state index is 12.4. The predicted molar refractivity (Wildman–Crippen MR) is 94.4 cm³/mol. The van der Waals surface area contributed by atoms with Crippen molar-refractivity contribution < 1.29 is 13.2 Å². The van der Waals surface area contributed by atoms with E-state index in [1.54, 1.807) is 30.3 Å². The molecule has 7 heteroatoms. The number of sulfonamides is 1. The second-order valence-corrected chi connectivity index (χ2v) is 8.00. The molecule has 0 heterocycles. The van der Waals surface area contributed by atoms with E-state index in [0.717, 1.165) is 7.88 Å². The summed E-state index contributed by atoms with van der Waals surface area (Å²) in [6, 6.07) is 13.5. The maximum absolute atomic E-state index is 12.4. The maximum Gasteiger partial charge on any atom is 0.256 e. The number of halogens is 1. The molecule has 0 atom stereocenters. The van der Waals surface area contributed by atoms with Crippen LogP contribution >= 0.6 is 22.6 Å². The van der Waals surface area contributed by atoms with E-state index in [-0.39, 0.29) is 16.5 Å². The molecule has 0 aliphatic carbocycles. The lowest BCUT2D eigenvalue weighted by molar-refractivity contribution is 0.102. The van der Waals surface area contributed by atoms with Gasteiger partial charge >= 0.3 is 0 Å². The van der Waals surface area contributed by atoms with E-state index in [4.69, 9.17) is 0 Å². The Balaban J connectivity index is 2.40. The highest BCUT2D eigenvalue weighted by Crippen LogP contribution is 2.24. The number of benzene rings is 2. The molecule has 5 nitrogen and oxygen atoms in total. The minimum atomic E-state index is -3.63. The fraction of sp³-hybridized carbons (Fsp3) is 0.133. The normalized spacial score (nSPS) is 11.5. The summed E-state index contributed by atoms with van der Waals surface area (Å²) in [5.41, 5.74) is 0.765. The van der Waals surface area contributed by atoms with Crippen molar-refractivity contribution in [3.05, 3.63) is 57.7 Å². The van der Waals surface area contributed by atoms with Crippen molar-refractivity contribution in [3.8, 4) is 0 Å². The molecule has 0 spiro atoms. The summed E-state index contributed by atoms with van der Waals surface area (Å²) in [5, 5.41) is 2.68. The molecular weight excluding hydrogens is 415 g/mol. The summed E-state index contributed by atoms with van der Waals surface area (Å²) in [6.45, 7) is 0. The predicted octanol–water partition coefficient (Wildman–Crippen LogP) is 2.79. The minimum absolute atomic E-state index is 0.0688. The van der Waals surface area contributed by atoms with E-state index in [1.165, 1.54) is 20.2 Å². The number of amides is 1. The Hall–Kier alpha value is -1.45. The van der Waals surface area contributed by atoms with E-state index >= 15 is 0 Å². The van der Waals surface area contributed by atoms with Crippen LogP contribution in [0.2, 0.25) is 0 Å². The van der Waals surface area contributed by atoms with E-state index in [0.29, 0.717) is 5.56 Å². The van der Waals surface area contributed by atoms with Crippen LogP contribution in [0.3, 0.4) is 0 Å². The zero-order valence-electron chi connectivity index (χ0n) is 12.1. The van der Waals surface area contributed by atoms with Gasteiger partial charge in [0.2, 0.25) is 10.0 Å². The second kappa shape index (κ2) is 6.76. The molecule has 0 aliphatic heterocycles. The highest BCUT2D eigenvalue weighted by atomic mass is 127. The summed E-state index contributed by atoms with van der Waals surface area (Å²) >= 11 is 2.07. The molecule has 0 bridgehead atoms. The fourth-order valence-corrected chi connectivity index (χ4v) is 3.50. The van der Waals surface area contributed by atoms with Gasteiger partial charge in [-0.15, -0.1) is 0 Å². The first-order valence-electron chi connectivity index (χ1n) is 6.41. The van der Waals surface area contributed by atoms with Gasteiger partial charge in [-0.25, -0.2) is 12.7 Å². The number of nitrogens with zero attached hydrogens (tertiary/aromatic N) is 1. The smallest absolute Gasteiger partial charge is 0.256 e. The van der Waals surface area contributed by atoms with Crippen molar-refractivity contribution in [2.75, 3.05) is 19.4 Å². The first-order chi connectivity index (χ1) is 10.3.